The van der Waals surface area contributed by atoms with Crippen molar-refractivity contribution in [3.8, 4) is 0 Å². The largest absolute Gasteiger partial charge is 0.436 e. The first-order chi connectivity index (χ1) is 15.5. The zero-order valence-corrected chi connectivity index (χ0v) is 18.8. The van der Waals surface area contributed by atoms with E-state index in [1.807, 2.05) is 31.4 Å². The number of fused-ring (bicyclic) bond motifs is 2. The summed E-state index contributed by atoms with van der Waals surface area (Å²) in [5.41, 5.74) is 1.41. The van der Waals surface area contributed by atoms with Gasteiger partial charge in [0.15, 0.2) is 0 Å². The molecule has 2 unspecified atom stereocenters. The van der Waals surface area contributed by atoms with Crippen molar-refractivity contribution in [2.75, 3.05) is 13.6 Å². The molecule has 0 saturated heterocycles. The van der Waals surface area contributed by atoms with Gasteiger partial charge in [0.2, 0.25) is 0 Å². The van der Waals surface area contributed by atoms with Crippen LogP contribution in [0, 0.1) is 5.92 Å². The Bertz CT molecular complexity index is 1010. The number of oxazole rings is 1. The predicted octanol–water partition coefficient (Wildman–Crippen LogP) is 1.98. The summed E-state index contributed by atoms with van der Waals surface area (Å²) in [7, 11) is 2.02. The van der Waals surface area contributed by atoms with Crippen molar-refractivity contribution in [3.63, 3.8) is 0 Å². The Morgan fingerprint density at radius 1 is 1.19 bits per heavy atom. The van der Waals surface area contributed by atoms with E-state index in [0.717, 1.165) is 50.1 Å². The maximum Gasteiger partial charge on any atom is 0.307 e. The Hall–Kier alpha value is -2.58. The van der Waals surface area contributed by atoms with E-state index in [1.54, 1.807) is 0 Å². The lowest BCUT2D eigenvalue weighted by molar-refractivity contribution is -0.118. The molecule has 3 heterocycles. The number of halogens is 1. The van der Waals surface area contributed by atoms with Crippen LogP contribution < -0.4 is 16.0 Å². The number of nitrogens with one attached hydrogen (secondary N) is 3. The molecule has 1 fully saturated rings. The van der Waals surface area contributed by atoms with Crippen LogP contribution in [0.2, 0.25) is 0 Å². The molecule has 170 valence electrons. The van der Waals surface area contributed by atoms with E-state index in [0.29, 0.717) is 17.3 Å². The average Bonchev–Trinajstić information content (AvgIpc) is 3.38. The summed E-state index contributed by atoms with van der Waals surface area (Å²) in [6.07, 6.45) is 12.1. The highest BCUT2D eigenvalue weighted by atomic mass is 35.5. The second-order valence-electron chi connectivity index (χ2n) is 9.06. The highest BCUT2D eigenvalue weighted by molar-refractivity contribution is 6.31. The van der Waals surface area contributed by atoms with E-state index in [9.17, 15) is 9.59 Å². The number of carbonyl (C=O) groups is 2. The summed E-state index contributed by atoms with van der Waals surface area (Å²) >= 11 is 6.09. The van der Waals surface area contributed by atoms with E-state index in [1.165, 1.54) is 0 Å². The molecule has 3 N–H and O–H groups in total. The zero-order valence-electron chi connectivity index (χ0n) is 18.1. The summed E-state index contributed by atoms with van der Waals surface area (Å²) in [5.74, 6) is 0.479. The lowest BCUT2D eigenvalue weighted by atomic mass is 9.90. The standard InChI is InChI=1S/C23H28ClN5O3/c1-29-9-8-18-20(12-29)32-23(28-18)22(31)27-17-5-3-2-4-16(17)26-21(30)19-11-13-10-14(24)6-7-15(13)25-19/h6-7,10-11,13,15-17,25H,2-5,8-9,12H2,1H3,(H,26,30)(H,27,31)/t13?,15?,16-,17-/m0/s1. The monoisotopic (exact) mass is 457 g/mol. The molecule has 2 aliphatic carbocycles. The minimum atomic E-state index is -0.317. The van der Waals surface area contributed by atoms with Gasteiger partial charge in [-0.15, -0.1) is 0 Å². The lowest BCUT2D eigenvalue weighted by Gasteiger charge is -2.32. The van der Waals surface area contributed by atoms with Crippen LogP contribution in [0.1, 0.15) is 47.8 Å². The summed E-state index contributed by atoms with van der Waals surface area (Å²) < 4.78 is 5.75. The van der Waals surface area contributed by atoms with Gasteiger partial charge in [0.1, 0.15) is 5.76 Å². The van der Waals surface area contributed by atoms with Gasteiger partial charge >= 0.3 is 5.91 Å². The van der Waals surface area contributed by atoms with Gasteiger partial charge in [-0.25, -0.2) is 4.98 Å². The maximum absolute atomic E-state index is 12.9. The van der Waals surface area contributed by atoms with Gasteiger partial charge in [0.25, 0.3) is 11.8 Å². The Morgan fingerprint density at radius 3 is 2.72 bits per heavy atom. The molecule has 2 aliphatic heterocycles. The lowest BCUT2D eigenvalue weighted by Crippen LogP contribution is -2.54. The van der Waals surface area contributed by atoms with Crippen molar-refractivity contribution < 1.29 is 14.0 Å². The summed E-state index contributed by atoms with van der Waals surface area (Å²) in [4.78, 5) is 32.3. The van der Waals surface area contributed by atoms with Crippen LogP contribution in [0.15, 0.2) is 39.5 Å². The van der Waals surface area contributed by atoms with E-state index in [2.05, 4.69) is 25.8 Å². The van der Waals surface area contributed by atoms with Crippen LogP contribution in [-0.2, 0) is 17.8 Å². The molecule has 1 saturated carbocycles. The minimum absolute atomic E-state index is 0.0511. The van der Waals surface area contributed by atoms with Crippen molar-refractivity contribution >= 4 is 23.4 Å². The second kappa shape index (κ2) is 8.75. The maximum atomic E-state index is 12.9. The molecule has 9 heteroatoms. The van der Waals surface area contributed by atoms with Crippen molar-refractivity contribution in [2.45, 2.75) is 56.8 Å². The molecular formula is C23H28ClN5O3. The van der Waals surface area contributed by atoms with Gasteiger partial charge in [0, 0.05) is 36.0 Å². The molecule has 0 aromatic carbocycles. The van der Waals surface area contributed by atoms with E-state index in [4.69, 9.17) is 16.0 Å². The fourth-order valence-electron chi connectivity index (χ4n) is 4.90. The average molecular weight is 458 g/mol. The van der Waals surface area contributed by atoms with Crippen molar-refractivity contribution in [2.24, 2.45) is 5.92 Å². The second-order valence-corrected chi connectivity index (χ2v) is 9.50. The Morgan fingerprint density at radius 2 is 1.94 bits per heavy atom. The zero-order chi connectivity index (χ0) is 22.2. The Kier molecular flexibility index (Phi) is 5.82. The first kappa shape index (κ1) is 21.3. The molecule has 8 nitrogen and oxygen atoms in total. The minimum Gasteiger partial charge on any atom is -0.436 e. The SMILES string of the molecule is CN1CCc2nc(C(=O)N[C@H]3CCCC[C@@H]3NC(=O)C3=CC4C=C(Cl)C=CC4N3)oc2C1. The number of hydrogen-bond donors (Lipinski definition) is 3. The highest BCUT2D eigenvalue weighted by Gasteiger charge is 2.33. The number of rotatable bonds is 4. The first-order valence-electron chi connectivity index (χ1n) is 11.3. The molecule has 1 aromatic rings. The molecule has 4 aliphatic rings. The van der Waals surface area contributed by atoms with Crippen LogP contribution in [0.5, 0.6) is 0 Å². The highest BCUT2D eigenvalue weighted by Crippen LogP contribution is 2.27. The van der Waals surface area contributed by atoms with Crippen LogP contribution in [0.25, 0.3) is 0 Å². The van der Waals surface area contributed by atoms with E-state index >= 15 is 0 Å². The first-order valence-corrected chi connectivity index (χ1v) is 11.7. The van der Waals surface area contributed by atoms with Gasteiger partial charge < -0.3 is 20.4 Å². The van der Waals surface area contributed by atoms with Gasteiger partial charge in [-0.1, -0.05) is 36.6 Å². The molecule has 0 bridgehead atoms. The molecule has 0 spiro atoms. The number of carbonyl (C=O) groups excluding carboxylic acids is 2. The molecule has 4 atom stereocenters. The van der Waals surface area contributed by atoms with Gasteiger partial charge in [-0.3, -0.25) is 14.5 Å². The summed E-state index contributed by atoms with van der Waals surface area (Å²) in [6, 6.07) is -0.253. The van der Waals surface area contributed by atoms with Crippen molar-refractivity contribution in [3.05, 3.63) is 52.4 Å². The molecular weight excluding hydrogens is 430 g/mol. The third-order valence-corrected chi connectivity index (χ3v) is 6.92. The molecule has 32 heavy (non-hydrogen) atoms. The quantitative estimate of drug-likeness (QED) is 0.639. The number of amides is 2. The summed E-state index contributed by atoms with van der Waals surface area (Å²) in [5, 5.41) is 10.1. The molecule has 1 aromatic heterocycles. The smallest absolute Gasteiger partial charge is 0.307 e. The summed E-state index contributed by atoms with van der Waals surface area (Å²) in [6.45, 7) is 1.57. The fourth-order valence-corrected chi connectivity index (χ4v) is 5.12. The van der Waals surface area contributed by atoms with Crippen LogP contribution in [-0.4, -0.2) is 53.4 Å². The van der Waals surface area contributed by atoms with Crippen molar-refractivity contribution in [1.29, 1.82) is 0 Å². The number of nitrogens with zero attached hydrogens (tertiary/aromatic N) is 2. The normalized spacial score (nSPS) is 29.3. The van der Waals surface area contributed by atoms with Crippen LogP contribution in [0.3, 0.4) is 0 Å². The topological polar surface area (TPSA) is 99.5 Å². The number of likely N-dealkylation sites (N-methyl/N-ethyl adjacent to an activating group) is 1. The number of allylic oxidation sites excluding steroid dienone is 2. The Balaban J connectivity index is 1.23. The third-order valence-electron chi connectivity index (χ3n) is 6.67. The van der Waals surface area contributed by atoms with Gasteiger partial charge in [-0.2, -0.15) is 0 Å². The molecule has 2 amide bonds. The fraction of sp³-hybridized carbons (Fsp3) is 0.522. The third kappa shape index (κ3) is 4.34. The molecule has 5 rings (SSSR count). The van der Waals surface area contributed by atoms with Crippen LogP contribution >= 0.6 is 11.6 Å². The predicted molar refractivity (Wildman–Crippen MR) is 120 cm³/mol. The van der Waals surface area contributed by atoms with Gasteiger partial charge in [-0.05, 0) is 32.0 Å². The van der Waals surface area contributed by atoms with E-state index < -0.39 is 0 Å². The van der Waals surface area contributed by atoms with Gasteiger partial charge in [0.05, 0.1) is 24.0 Å². The number of hydrogen-bond acceptors (Lipinski definition) is 6. The molecule has 0 radical (unpaired) electrons. The Labute approximate surface area is 192 Å². The van der Waals surface area contributed by atoms with Crippen molar-refractivity contribution in [1.82, 2.24) is 25.8 Å². The van der Waals surface area contributed by atoms with Crippen LogP contribution in [0.4, 0.5) is 0 Å². The number of aromatic nitrogens is 1. The van der Waals surface area contributed by atoms with E-state index in [-0.39, 0.29) is 41.7 Å².